The minimum atomic E-state index is 0.558. The van der Waals surface area contributed by atoms with Gasteiger partial charge in [-0.15, -0.1) is 0 Å². The molecule has 0 nitrogen and oxygen atoms in total. The van der Waals surface area contributed by atoms with Gasteiger partial charge in [0.1, 0.15) is 0 Å². The van der Waals surface area contributed by atoms with E-state index in [2.05, 4.69) is 0 Å². The van der Waals surface area contributed by atoms with Crippen LogP contribution in [0.4, 0.5) is 0 Å². The van der Waals surface area contributed by atoms with Gasteiger partial charge >= 0.3 is 60.7 Å². The summed E-state index contributed by atoms with van der Waals surface area (Å²) in [4.78, 5) is 0. The molecule has 0 saturated heterocycles. The molecule has 0 N–H and O–H groups in total. The third kappa shape index (κ3) is 7.11. The molecule has 0 aliphatic carbocycles. The van der Waals surface area contributed by atoms with E-state index in [4.69, 9.17) is 23.2 Å². The van der Waals surface area contributed by atoms with Crippen molar-refractivity contribution in [1.82, 2.24) is 0 Å². The van der Waals surface area contributed by atoms with Crippen molar-refractivity contribution in [3.05, 3.63) is 0 Å². The molecule has 0 atom stereocenters. The molecule has 0 aliphatic rings. The number of halogens is 2. The summed E-state index contributed by atoms with van der Waals surface area (Å²) >= 11 is 11.4. The van der Waals surface area contributed by atoms with Crippen molar-refractivity contribution in [2.24, 2.45) is 0 Å². The first-order valence-electron chi connectivity index (χ1n) is 2.35. The molecule has 40 valence electrons. The molecule has 0 rings (SSSR count). The first kappa shape index (κ1) is 8.11. The van der Waals surface area contributed by atoms with Crippen molar-refractivity contribution in [1.29, 1.82) is 0 Å². The normalized spacial score (nSPS) is 8.29. The van der Waals surface area contributed by atoms with Crippen molar-refractivity contribution in [2.75, 3.05) is 11.8 Å². The second-order valence-corrected chi connectivity index (χ2v) is 3.73. The molecule has 0 aromatic heterocycles. The van der Waals surface area contributed by atoms with E-state index in [9.17, 15) is 0 Å². The summed E-state index contributed by atoms with van der Waals surface area (Å²) in [6.07, 6.45) is 0. The van der Waals surface area contributed by atoms with Crippen molar-refractivity contribution < 1.29 is 0 Å². The second kappa shape index (κ2) is 7.11. The topological polar surface area (TPSA) is 0 Å². The molecule has 0 aliphatic heterocycles. The Hall–Kier alpha value is 1.11. The molecule has 0 fully saturated rings. The van der Waals surface area contributed by atoms with E-state index >= 15 is 0 Å². The predicted octanol–water partition coefficient (Wildman–Crippen LogP) is 2.00. The van der Waals surface area contributed by atoms with Crippen LogP contribution in [0.1, 0.15) is 0 Å². The maximum absolute atomic E-state index is 5.42. The third-order valence-corrected chi connectivity index (χ3v) is 3.19. The van der Waals surface area contributed by atoms with Crippen LogP contribution in [-0.2, 0) is 0 Å². The Bertz CT molecular complexity index is 28.9. The van der Waals surface area contributed by atoms with E-state index in [1.807, 2.05) is 0 Å². The van der Waals surface area contributed by atoms with E-state index in [1.54, 1.807) is 0 Å². The van der Waals surface area contributed by atoms with Gasteiger partial charge in [0.25, 0.3) is 0 Å². The monoisotopic (exact) mass is 153 g/mol. The van der Waals surface area contributed by atoms with Gasteiger partial charge in [-0.25, -0.2) is 0 Å². The van der Waals surface area contributed by atoms with Gasteiger partial charge in [0.15, 0.2) is 0 Å². The summed E-state index contributed by atoms with van der Waals surface area (Å²) < 4.78 is 0. The fourth-order valence-corrected chi connectivity index (χ4v) is 1.82. The summed E-state index contributed by atoms with van der Waals surface area (Å²) in [5.74, 6) is 1.62. The number of hydrogen-bond acceptors (Lipinski definition) is 0. The molecule has 0 amide bonds. The van der Waals surface area contributed by atoms with Crippen molar-refractivity contribution in [3.63, 3.8) is 0 Å². The average Bonchev–Trinajstić information content (AvgIpc) is 1.69. The zero-order chi connectivity index (χ0) is 5.54. The van der Waals surface area contributed by atoms with E-state index in [0.29, 0.717) is 15.2 Å². The van der Waals surface area contributed by atoms with Crippen LogP contribution in [0.15, 0.2) is 0 Å². The second-order valence-electron chi connectivity index (χ2n) is 1.24. The van der Waals surface area contributed by atoms with Gasteiger partial charge < -0.3 is 0 Å². The van der Waals surface area contributed by atoms with Crippen LogP contribution in [0.5, 0.6) is 0 Å². The number of rotatable bonds is 4. The summed E-state index contributed by atoms with van der Waals surface area (Å²) in [6, 6.07) is 0. The fourth-order valence-electron chi connectivity index (χ4n) is 0.299. The van der Waals surface area contributed by atoms with Crippen molar-refractivity contribution in [2.45, 2.75) is 10.6 Å². The van der Waals surface area contributed by atoms with Crippen molar-refractivity contribution in [3.8, 4) is 0 Å². The first-order chi connectivity index (χ1) is 3.41. The zero-order valence-corrected chi connectivity index (χ0v) is 6.83. The molecular weight excluding hydrogens is 146 g/mol. The van der Waals surface area contributed by atoms with E-state index in [-0.39, 0.29) is 0 Å². The third-order valence-electron chi connectivity index (χ3n) is 0.626. The molecule has 0 bridgehead atoms. The van der Waals surface area contributed by atoms with E-state index in [0.717, 1.165) is 11.8 Å². The molecule has 7 heavy (non-hydrogen) atoms. The molecule has 0 saturated carbocycles. The molecule has 0 unspecified atom stereocenters. The Kier molecular flexibility index (Phi) is 8.24. The minimum absolute atomic E-state index is 0.558. The molecule has 3 heteroatoms. The molecule has 0 spiro atoms. The van der Waals surface area contributed by atoms with Gasteiger partial charge in [0.2, 0.25) is 0 Å². The zero-order valence-electron chi connectivity index (χ0n) is 4.16. The van der Waals surface area contributed by atoms with Crippen LogP contribution >= 0.6 is 23.2 Å². The van der Waals surface area contributed by atoms with Gasteiger partial charge in [-0.3, -0.25) is 0 Å². The molecular formula is C4H8AlCl2+. The summed E-state index contributed by atoms with van der Waals surface area (Å²) in [6.45, 7) is 0. The Balaban J connectivity index is 2.45. The van der Waals surface area contributed by atoms with Gasteiger partial charge in [0, 0.05) is 0 Å². The van der Waals surface area contributed by atoms with E-state index < -0.39 is 0 Å². The van der Waals surface area contributed by atoms with Gasteiger partial charge in [-0.1, -0.05) is 0 Å². The van der Waals surface area contributed by atoms with Gasteiger partial charge in [-0.05, 0) is 0 Å². The molecule has 0 radical (unpaired) electrons. The Morgan fingerprint density at radius 1 is 1.00 bits per heavy atom. The van der Waals surface area contributed by atoms with Crippen LogP contribution in [-0.4, -0.2) is 27.0 Å². The Morgan fingerprint density at radius 3 is 1.71 bits per heavy atom. The van der Waals surface area contributed by atoms with Crippen molar-refractivity contribution >= 4 is 38.4 Å². The van der Waals surface area contributed by atoms with Gasteiger partial charge in [-0.2, -0.15) is 0 Å². The standard InChI is InChI=1S/2C2H4Cl.Al/c2*1-2-3;/h2*1-2H2;/q;;+1. The van der Waals surface area contributed by atoms with Gasteiger partial charge in [0.05, 0.1) is 0 Å². The van der Waals surface area contributed by atoms with Crippen LogP contribution in [0.2, 0.25) is 10.6 Å². The Morgan fingerprint density at radius 2 is 1.43 bits per heavy atom. The molecule has 0 aromatic carbocycles. The fraction of sp³-hybridized carbons (Fsp3) is 1.00. The quantitative estimate of drug-likeness (QED) is 0.330. The Labute approximate surface area is 60.9 Å². The maximum atomic E-state index is 5.42. The van der Waals surface area contributed by atoms with E-state index in [1.165, 1.54) is 10.6 Å². The first-order valence-corrected chi connectivity index (χ1v) is 5.05. The van der Waals surface area contributed by atoms with Crippen LogP contribution < -0.4 is 0 Å². The summed E-state index contributed by atoms with van der Waals surface area (Å²) in [5, 5.41) is 2.38. The SMILES string of the molecule is ClC[CH2][Al+][CH2]CCl. The van der Waals surface area contributed by atoms with Crippen LogP contribution in [0.3, 0.4) is 0 Å². The summed E-state index contributed by atoms with van der Waals surface area (Å²) in [5.41, 5.74) is 0. The average molecular weight is 154 g/mol. The number of hydrogen-bond donors (Lipinski definition) is 0. The summed E-state index contributed by atoms with van der Waals surface area (Å²) in [7, 11) is 0. The van der Waals surface area contributed by atoms with Crippen LogP contribution in [0.25, 0.3) is 0 Å². The molecule has 0 aromatic rings. The predicted molar refractivity (Wildman–Crippen MR) is 36.8 cm³/mol. The van der Waals surface area contributed by atoms with Crippen LogP contribution in [0, 0.1) is 0 Å². The molecule has 0 heterocycles. The number of alkyl halides is 2.